The predicted molar refractivity (Wildman–Crippen MR) is 529 cm³/mol. The fourth-order valence-electron chi connectivity index (χ4n) is 15.7. The van der Waals surface area contributed by atoms with Gasteiger partial charge in [0.15, 0.2) is 62.0 Å². The Bertz CT molecular complexity index is 5500. The first kappa shape index (κ1) is 106. The molecule has 4 aromatic carbocycles. The zero-order valence-corrected chi connectivity index (χ0v) is 79.7. The number of aromatic nitrogens is 4. The van der Waals surface area contributed by atoms with Crippen LogP contribution < -0.4 is 89.7 Å². The lowest BCUT2D eigenvalue weighted by molar-refractivity contribution is -0.130. The van der Waals surface area contributed by atoms with E-state index in [2.05, 4.69) is 78.6 Å². The molecule has 35 nitrogen and oxygen atoms in total. The maximum Gasteiger partial charge on any atom is 0.251 e. The summed E-state index contributed by atoms with van der Waals surface area (Å²) < 4.78 is 2.38. The lowest BCUT2D eigenvalue weighted by atomic mass is 9.87. The fraction of sp³-hybridized carbons (Fsp3) is 0.474. The van der Waals surface area contributed by atoms with Gasteiger partial charge >= 0.3 is 0 Å². The molecule has 1 aliphatic heterocycles. The van der Waals surface area contributed by atoms with Crippen LogP contribution in [-0.2, 0) is 40.0 Å². The number of benzene rings is 4. The highest BCUT2D eigenvalue weighted by atomic mass is 32.1. The lowest BCUT2D eigenvalue weighted by Gasteiger charge is -2.24. The van der Waals surface area contributed by atoms with Crippen LogP contribution in [0.4, 0.5) is 0 Å². The van der Waals surface area contributed by atoms with Gasteiger partial charge in [-0.05, 0) is 180 Å². The molecule has 4 amide bonds. The zero-order valence-electron chi connectivity index (χ0n) is 77.2. The maximum absolute atomic E-state index is 14.0. The van der Waals surface area contributed by atoms with Crippen molar-refractivity contribution in [2.45, 2.75) is 213 Å². The van der Waals surface area contributed by atoms with Crippen molar-refractivity contribution in [3.8, 4) is 0 Å². The number of fused-ring (bicyclic) bond motifs is 5. The highest BCUT2D eigenvalue weighted by molar-refractivity contribution is 7.21. The Balaban J connectivity index is 0.000000249. The SMILES string of the molecule is CC(=O)[C@@H](NC(=O)c1ccc2nc(C(=O)[C@H](CCCN=C(N)N)CC(=O)[C@H](CC(C)C)NC(=O)[C@@H](N)CC3=CNC4C=CC=CC34)sc2c1)C(C)C.CC(C)C[C@H](CC(=O)[C@@H](N)CCCN=C(N)N)C(=O)N[C@@H](CCCN=C(N)N)C(=O)c1nc2ccccc2s1.CC(C)C[C@H](CC(=O)[C@@H](N)Cc1c[nH]c2ccccc12)C(=O)N[C@@H](CCCN=C(N)N)C(=O)c1nc2ccccc2s1. The number of guanidine groups is 4. The topological polar surface area (TPSA) is 638 Å². The summed E-state index contributed by atoms with van der Waals surface area (Å²) in [4.78, 5) is 179. The Morgan fingerprint density at radius 3 is 1.41 bits per heavy atom. The first-order chi connectivity index (χ1) is 63.2. The lowest BCUT2D eigenvalue weighted by Crippen LogP contribution is -2.49. The largest absolute Gasteiger partial charge is 0.384 e. The summed E-state index contributed by atoms with van der Waals surface area (Å²) in [6, 6.07) is 22.3. The van der Waals surface area contributed by atoms with Gasteiger partial charge in [-0.25, -0.2) is 15.0 Å². The monoisotopic (exact) mass is 1880 g/mol. The van der Waals surface area contributed by atoms with Crippen molar-refractivity contribution in [3.63, 3.8) is 0 Å². The van der Waals surface area contributed by atoms with Crippen LogP contribution in [0.1, 0.15) is 204 Å². The van der Waals surface area contributed by atoms with Crippen molar-refractivity contribution in [1.29, 1.82) is 0 Å². The van der Waals surface area contributed by atoms with Crippen molar-refractivity contribution < 1.29 is 52.7 Å². The van der Waals surface area contributed by atoms with Gasteiger partial charge in [0.2, 0.25) is 29.3 Å². The van der Waals surface area contributed by atoms with Gasteiger partial charge in [0.05, 0.1) is 79.0 Å². The number of thiazole rings is 3. The molecule has 716 valence electrons. The number of hydrogen-bond acceptors (Lipinski definition) is 25. The Morgan fingerprint density at radius 2 is 0.902 bits per heavy atom. The van der Waals surface area contributed by atoms with Gasteiger partial charge in [0.1, 0.15) is 5.78 Å². The maximum atomic E-state index is 14.0. The molecule has 8 aromatic rings. The number of nitrogens with one attached hydrogen (secondary N) is 6. The molecule has 0 bridgehead atoms. The molecule has 2 aliphatic rings. The van der Waals surface area contributed by atoms with E-state index < -0.39 is 71.9 Å². The molecule has 0 saturated heterocycles. The van der Waals surface area contributed by atoms with Gasteiger partial charge < -0.3 is 94.6 Å². The van der Waals surface area contributed by atoms with E-state index in [0.717, 1.165) is 48.3 Å². The second kappa shape index (κ2) is 52.2. The van der Waals surface area contributed by atoms with E-state index in [4.69, 9.17) is 63.1 Å². The molecule has 0 fully saturated rings. The molecular formula is C95H132N24O11S3. The molecule has 10 rings (SSSR count). The summed E-state index contributed by atoms with van der Waals surface area (Å²) >= 11 is 3.70. The van der Waals surface area contributed by atoms with Gasteiger partial charge in [-0.2, -0.15) is 0 Å². The van der Waals surface area contributed by atoms with Crippen LogP contribution in [0.15, 0.2) is 153 Å². The predicted octanol–water partition coefficient (Wildman–Crippen LogP) is 8.01. The molecule has 133 heavy (non-hydrogen) atoms. The van der Waals surface area contributed by atoms with Crippen LogP contribution in [-0.4, -0.2) is 182 Å². The highest BCUT2D eigenvalue weighted by Gasteiger charge is 2.37. The van der Waals surface area contributed by atoms with Crippen molar-refractivity contribution >= 4 is 164 Å². The average molecular weight is 1880 g/mol. The molecule has 4 aromatic heterocycles. The minimum absolute atomic E-state index is 0.0103. The van der Waals surface area contributed by atoms with Crippen molar-refractivity contribution in [1.82, 2.24) is 46.5 Å². The highest BCUT2D eigenvalue weighted by Crippen LogP contribution is 2.33. The van der Waals surface area contributed by atoms with Crippen molar-refractivity contribution in [2.24, 2.45) is 130 Å². The standard InChI is InChI=1S/C38H52N8O5S.C31H39N7O3S.C26H41N9O3S/c1-20(2)15-30(44-36(51)27(39)16-25-19-43-28-11-7-6-10-26(25)28)31(48)17-23(9-8-14-42-38(40)41)34(49)37-45-29-13-12-24(18-32(29)52-37)35(50)46-33(21(3)4)22(5)47;1-18(2)14-19(16-26(39)22(32)15-20-17-36-23-9-4-3-8-21(20)23)29(41)37-25(11-7-13-35-31(33)34)28(40)30-38-24-10-5-6-12-27(24)42-30;1-15(2)13-16(14-20(36)17(27)7-5-11-32-25(28)29)23(38)34-19(9-6-12-33-26(30)31)22(37)24-35-18-8-3-4-10-21(18)39-24/h6-7,10-13,18-21,23,26-28,30,33,43H,8-9,14-17,39H2,1-5H3,(H,44,51)(H,46,50)(H4,40,41,42);3-6,8-10,12,17-19,22,25,36H,7,11,13-16,32H2,1-2H3,(H,37,41)(H4,33,34,35);3-4,8,10,15-17,19H,5-7,9,11-14,27H2,1-2H3,(H,34,38)(H4,28,29,32)(H4,30,31,33)/t23-,26?,27+,28?,30+,33+;19-,22+,25+;16-,17+,19+/m111/s1. The molecule has 1 aliphatic carbocycles. The molecule has 28 N–H and O–H groups in total. The number of H-pyrrole nitrogens is 1. The number of carbonyl (C=O) groups excluding carboxylic acids is 11. The first-order valence-corrected chi connectivity index (χ1v) is 47.6. The van der Waals surface area contributed by atoms with Crippen LogP contribution in [0.25, 0.3) is 41.6 Å². The number of hydrogen-bond donors (Lipinski definition) is 17. The molecule has 38 heteroatoms. The summed E-state index contributed by atoms with van der Waals surface area (Å²) in [5, 5.41) is 16.7. The number of aromatic amines is 1. The molecule has 5 heterocycles. The molecule has 0 radical (unpaired) electrons. The van der Waals surface area contributed by atoms with Gasteiger partial charge in [-0.15, -0.1) is 34.0 Å². The average Bonchev–Trinajstić information content (AvgIpc) is 1.68. The molecule has 0 spiro atoms. The van der Waals surface area contributed by atoms with Gasteiger partial charge in [0, 0.05) is 91.8 Å². The quantitative estimate of drug-likeness (QED) is 0.00742. The van der Waals surface area contributed by atoms with Crippen molar-refractivity contribution in [3.05, 3.63) is 159 Å². The number of amides is 4. The van der Waals surface area contributed by atoms with E-state index >= 15 is 0 Å². The molecule has 0 saturated carbocycles. The van der Waals surface area contributed by atoms with Crippen molar-refractivity contribution in [2.75, 3.05) is 26.2 Å². The van der Waals surface area contributed by atoms with E-state index in [-0.39, 0.29) is 143 Å². The van der Waals surface area contributed by atoms with Crippen LogP contribution in [0.5, 0.6) is 0 Å². The van der Waals surface area contributed by atoms with Crippen LogP contribution >= 0.6 is 34.0 Å². The Labute approximate surface area is 787 Å². The number of aliphatic imine (C=N–C) groups is 4. The third-order valence-electron chi connectivity index (χ3n) is 22.5. The molecule has 2 unspecified atom stereocenters. The smallest absolute Gasteiger partial charge is 0.251 e. The Kier molecular flexibility index (Phi) is 41.6. The van der Waals surface area contributed by atoms with E-state index in [1.807, 2.05) is 153 Å². The molecule has 12 atom stereocenters. The summed E-state index contributed by atoms with van der Waals surface area (Å²) in [5.74, 6) is -5.04. The summed E-state index contributed by atoms with van der Waals surface area (Å²) in [7, 11) is 0. The van der Waals surface area contributed by atoms with E-state index in [9.17, 15) is 52.7 Å². The normalized spacial score (nSPS) is 15.5. The second-order valence-corrected chi connectivity index (χ2v) is 38.4. The van der Waals surface area contributed by atoms with E-state index in [0.29, 0.717) is 134 Å². The van der Waals surface area contributed by atoms with Gasteiger partial charge in [0.25, 0.3) is 5.91 Å². The minimum atomic E-state index is -0.862. The third-order valence-corrected chi connectivity index (χ3v) is 25.7. The number of para-hydroxylation sites is 3. The number of nitrogens with two attached hydrogens (primary N) is 11. The minimum Gasteiger partial charge on any atom is -0.384 e. The summed E-state index contributed by atoms with van der Waals surface area (Å²) in [6.07, 6.45) is 17.0. The van der Waals surface area contributed by atoms with Gasteiger partial charge in [-0.3, -0.25) is 72.7 Å². The third kappa shape index (κ3) is 33.4. The second-order valence-electron chi connectivity index (χ2n) is 35.3. The first-order valence-electron chi connectivity index (χ1n) is 45.1. The number of nitrogens with zero attached hydrogens (tertiary/aromatic N) is 7. The number of Topliss-reactive ketones (excluding diaryl/α,β-unsaturated/α-hetero) is 7. The van der Waals surface area contributed by atoms with Crippen LogP contribution in [0.2, 0.25) is 0 Å². The number of rotatable bonds is 51. The number of ketones is 7. The summed E-state index contributed by atoms with van der Waals surface area (Å²) in [5.41, 5.74) is 67.5. The molecular weight excluding hydrogens is 1750 g/mol. The zero-order chi connectivity index (χ0) is 97.3. The number of carbonyl (C=O) groups is 11. The Morgan fingerprint density at radius 1 is 0.451 bits per heavy atom. The van der Waals surface area contributed by atoms with Gasteiger partial charge in [-0.1, -0.05) is 122 Å². The number of allylic oxidation sites excluding steroid dienone is 2. The van der Waals surface area contributed by atoms with Crippen LogP contribution in [0.3, 0.4) is 0 Å². The van der Waals surface area contributed by atoms with E-state index in [1.165, 1.54) is 29.6 Å². The summed E-state index contributed by atoms with van der Waals surface area (Å²) in [6.45, 7) is 18.3. The van der Waals surface area contributed by atoms with Crippen LogP contribution in [0, 0.1) is 47.3 Å². The Hall–Kier alpha value is -12.4. The van der Waals surface area contributed by atoms with E-state index in [1.54, 1.807) is 18.2 Å². The fourth-order valence-corrected chi connectivity index (χ4v) is 18.7.